The van der Waals surface area contributed by atoms with Gasteiger partial charge >= 0.3 is 0 Å². The van der Waals surface area contributed by atoms with Gasteiger partial charge < -0.3 is 14.3 Å². The molecule has 1 heterocycles. The summed E-state index contributed by atoms with van der Waals surface area (Å²) >= 11 is 0. The van der Waals surface area contributed by atoms with E-state index in [9.17, 15) is 5.11 Å². The summed E-state index contributed by atoms with van der Waals surface area (Å²) in [5.74, 6) is 0.801. The normalized spacial score (nSPS) is 10.4. The van der Waals surface area contributed by atoms with Crippen LogP contribution in [-0.2, 0) is 0 Å². The highest BCUT2D eigenvalue weighted by atomic mass is 16.5. The molecule has 0 aliphatic carbocycles. The highest BCUT2D eigenvalue weighted by molar-refractivity contribution is 5.81. The molecule has 2 N–H and O–H groups in total. The van der Waals surface area contributed by atoms with Crippen molar-refractivity contribution in [3.05, 3.63) is 41.9 Å². The lowest BCUT2D eigenvalue weighted by atomic mass is 10.2. The van der Waals surface area contributed by atoms with Gasteiger partial charge in [-0.15, -0.1) is 0 Å². The highest BCUT2D eigenvalue weighted by Crippen LogP contribution is 2.25. The van der Waals surface area contributed by atoms with Crippen molar-refractivity contribution < 1.29 is 14.3 Å². The van der Waals surface area contributed by atoms with Crippen LogP contribution in [-0.4, -0.2) is 23.4 Å². The molecule has 0 unspecified atom stereocenters. The summed E-state index contributed by atoms with van der Waals surface area (Å²) in [5, 5.41) is 22.5. The number of rotatable bonds is 5. The van der Waals surface area contributed by atoms with Crippen molar-refractivity contribution in [1.29, 1.82) is 5.26 Å². The lowest BCUT2D eigenvalue weighted by Crippen LogP contribution is -1.92. The molecule has 1 aromatic heterocycles. The Kier molecular flexibility index (Phi) is 4.44. The van der Waals surface area contributed by atoms with Gasteiger partial charge in [-0.05, 0) is 30.7 Å². The van der Waals surface area contributed by atoms with Crippen molar-refractivity contribution >= 4 is 17.7 Å². The molecule has 1 aromatic carbocycles. The van der Waals surface area contributed by atoms with E-state index in [4.69, 9.17) is 14.4 Å². The minimum atomic E-state index is 0.0423. The van der Waals surface area contributed by atoms with Crippen LogP contribution in [0.4, 0.5) is 5.88 Å². The van der Waals surface area contributed by atoms with Gasteiger partial charge in [0.25, 0.3) is 5.88 Å². The van der Waals surface area contributed by atoms with Crippen LogP contribution in [0.3, 0.4) is 0 Å². The van der Waals surface area contributed by atoms with Crippen LogP contribution < -0.4 is 10.2 Å². The molecule has 2 aromatic rings. The van der Waals surface area contributed by atoms with E-state index < -0.39 is 0 Å². The van der Waals surface area contributed by atoms with Gasteiger partial charge in [-0.3, -0.25) is 0 Å². The third kappa shape index (κ3) is 3.24. The molecule has 7 nitrogen and oxygen atoms in total. The largest absolute Gasteiger partial charge is 0.504 e. The first-order chi connectivity index (χ1) is 10.5. The minimum Gasteiger partial charge on any atom is -0.504 e. The van der Waals surface area contributed by atoms with Crippen LogP contribution in [0.1, 0.15) is 24.1 Å². The Bertz CT molecular complexity index is 772. The standard InChI is InChI=1S/C15H14N4O3/c1-9(2)14-18-11(7-16)15(22-14)19-17-8-10-4-5-12(20)13(6-10)21-3/h4-6,8,19-20H,1H2,2-3H3. The molecule has 0 saturated carbocycles. The predicted molar refractivity (Wildman–Crippen MR) is 81.8 cm³/mol. The van der Waals surface area contributed by atoms with Crippen LogP contribution in [0.15, 0.2) is 34.3 Å². The number of nitrogens with zero attached hydrogens (tertiary/aromatic N) is 3. The van der Waals surface area contributed by atoms with Gasteiger partial charge in [-0.2, -0.15) is 15.3 Å². The molecule has 0 aliphatic heterocycles. The number of ether oxygens (including phenoxy) is 1. The number of nitrogens with one attached hydrogen (secondary N) is 1. The number of benzene rings is 1. The Morgan fingerprint density at radius 1 is 1.59 bits per heavy atom. The average Bonchev–Trinajstić information content (AvgIpc) is 2.92. The van der Waals surface area contributed by atoms with E-state index in [0.717, 1.165) is 0 Å². The number of anilines is 1. The van der Waals surface area contributed by atoms with E-state index in [1.807, 2.05) is 6.07 Å². The maximum absolute atomic E-state index is 9.51. The fraction of sp³-hybridized carbons (Fsp3) is 0.133. The quantitative estimate of drug-likeness (QED) is 0.649. The monoisotopic (exact) mass is 298 g/mol. The van der Waals surface area contributed by atoms with Crippen molar-refractivity contribution in [1.82, 2.24) is 4.98 Å². The average molecular weight is 298 g/mol. The van der Waals surface area contributed by atoms with E-state index in [2.05, 4.69) is 22.1 Å². The molecule has 0 atom stereocenters. The van der Waals surface area contributed by atoms with Gasteiger partial charge in [0.2, 0.25) is 11.6 Å². The second kappa shape index (κ2) is 6.45. The Balaban J connectivity index is 2.16. The Morgan fingerprint density at radius 2 is 2.36 bits per heavy atom. The van der Waals surface area contributed by atoms with Crippen molar-refractivity contribution in [3.8, 4) is 17.6 Å². The first-order valence-electron chi connectivity index (χ1n) is 6.28. The fourth-order valence-electron chi connectivity index (χ4n) is 1.59. The molecule has 2 rings (SSSR count). The maximum Gasteiger partial charge on any atom is 0.252 e. The number of phenols is 1. The van der Waals surface area contributed by atoms with E-state index in [1.165, 1.54) is 19.4 Å². The smallest absolute Gasteiger partial charge is 0.252 e. The first-order valence-corrected chi connectivity index (χ1v) is 6.28. The molecule has 0 aliphatic rings. The van der Waals surface area contributed by atoms with Crippen molar-refractivity contribution in [2.24, 2.45) is 5.10 Å². The Labute approximate surface area is 127 Å². The summed E-state index contributed by atoms with van der Waals surface area (Å²) in [4.78, 5) is 3.98. The van der Waals surface area contributed by atoms with E-state index >= 15 is 0 Å². The summed E-state index contributed by atoms with van der Waals surface area (Å²) in [6.07, 6.45) is 1.49. The lowest BCUT2D eigenvalue weighted by Gasteiger charge is -2.03. The van der Waals surface area contributed by atoms with Gasteiger partial charge in [-0.25, -0.2) is 5.43 Å². The van der Waals surface area contributed by atoms with Gasteiger partial charge in [0.1, 0.15) is 6.07 Å². The number of methoxy groups -OCH3 is 1. The zero-order valence-corrected chi connectivity index (χ0v) is 12.1. The number of oxazole rings is 1. The van der Waals surface area contributed by atoms with Crippen LogP contribution >= 0.6 is 0 Å². The number of hydrogen-bond acceptors (Lipinski definition) is 7. The molecule has 0 fully saturated rings. The minimum absolute atomic E-state index is 0.0423. The molecular formula is C15H14N4O3. The van der Waals surface area contributed by atoms with E-state index in [-0.39, 0.29) is 23.2 Å². The number of aromatic nitrogens is 1. The van der Waals surface area contributed by atoms with E-state index in [1.54, 1.807) is 19.1 Å². The number of nitriles is 1. The molecule has 0 saturated heterocycles. The Morgan fingerprint density at radius 3 is 3.00 bits per heavy atom. The predicted octanol–water partition coefficient (Wildman–Crippen LogP) is 2.74. The second-order valence-corrected chi connectivity index (χ2v) is 4.39. The third-order valence-corrected chi connectivity index (χ3v) is 2.68. The summed E-state index contributed by atoms with van der Waals surface area (Å²) in [6, 6.07) is 6.68. The zero-order valence-electron chi connectivity index (χ0n) is 12.1. The molecule has 0 radical (unpaired) electrons. The van der Waals surface area contributed by atoms with Gasteiger partial charge in [0, 0.05) is 5.57 Å². The maximum atomic E-state index is 9.51. The number of hydrazone groups is 1. The number of phenolic OH excluding ortho intramolecular Hbond substituents is 1. The number of hydrogen-bond donors (Lipinski definition) is 2. The summed E-state index contributed by atoms with van der Waals surface area (Å²) in [5.41, 5.74) is 4.01. The zero-order chi connectivity index (χ0) is 16.1. The number of aromatic hydroxyl groups is 1. The van der Waals surface area contributed by atoms with E-state index in [0.29, 0.717) is 16.9 Å². The first kappa shape index (κ1) is 15.1. The summed E-state index contributed by atoms with van der Waals surface area (Å²) < 4.78 is 10.3. The van der Waals surface area contributed by atoms with Gasteiger partial charge in [-0.1, -0.05) is 6.58 Å². The molecule has 22 heavy (non-hydrogen) atoms. The fourth-order valence-corrected chi connectivity index (χ4v) is 1.59. The summed E-state index contributed by atoms with van der Waals surface area (Å²) in [7, 11) is 1.46. The third-order valence-electron chi connectivity index (χ3n) is 2.68. The van der Waals surface area contributed by atoms with Crippen LogP contribution in [0, 0.1) is 11.3 Å². The molecular weight excluding hydrogens is 284 g/mol. The molecule has 0 bridgehead atoms. The van der Waals surface area contributed by atoms with Crippen LogP contribution in [0.5, 0.6) is 11.5 Å². The summed E-state index contributed by atoms with van der Waals surface area (Å²) in [6.45, 7) is 5.42. The van der Waals surface area contributed by atoms with Crippen molar-refractivity contribution in [2.45, 2.75) is 6.92 Å². The highest BCUT2D eigenvalue weighted by Gasteiger charge is 2.12. The molecule has 0 spiro atoms. The second-order valence-electron chi connectivity index (χ2n) is 4.39. The topological polar surface area (TPSA) is 104 Å². The van der Waals surface area contributed by atoms with Crippen molar-refractivity contribution in [2.75, 3.05) is 12.5 Å². The van der Waals surface area contributed by atoms with Crippen LogP contribution in [0.2, 0.25) is 0 Å². The molecule has 7 heteroatoms. The number of allylic oxidation sites excluding steroid dienone is 1. The van der Waals surface area contributed by atoms with Crippen molar-refractivity contribution in [3.63, 3.8) is 0 Å². The SMILES string of the molecule is C=C(C)c1nc(C#N)c(NN=Cc2ccc(O)c(OC)c2)o1. The lowest BCUT2D eigenvalue weighted by molar-refractivity contribution is 0.373. The molecule has 0 amide bonds. The van der Waals surface area contributed by atoms with Gasteiger partial charge in [0.05, 0.1) is 13.3 Å². The van der Waals surface area contributed by atoms with Crippen LogP contribution in [0.25, 0.3) is 5.57 Å². The Hall–Kier alpha value is -3.27. The molecule has 112 valence electrons. The van der Waals surface area contributed by atoms with Gasteiger partial charge in [0.15, 0.2) is 11.5 Å².